The van der Waals surface area contributed by atoms with Crippen molar-refractivity contribution in [2.24, 2.45) is 7.05 Å². The van der Waals surface area contributed by atoms with Crippen molar-refractivity contribution >= 4 is 15.7 Å². The van der Waals surface area contributed by atoms with Crippen LogP contribution in [0.15, 0.2) is 11.5 Å². The Morgan fingerprint density at radius 1 is 1.50 bits per heavy atom. The van der Waals surface area contributed by atoms with E-state index in [1.807, 2.05) is 20.9 Å². The van der Waals surface area contributed by atoms with E-state index >= 15 is 0 Å². The third kappa shape index (κ3) is 3.27. The number of sulfone groups is 1. The molecule has 1 aliphatic heterocycles. The van der Waals surface area contributed by atoms with Gasteiger partial charge in [-0.25, -0.2) is 8.42 Å². The van der Waals surface area contributed by atoms with Crippen molar-refractivity contribution in [3.05, 3.63) is 28.4 Å². The molecule has 0 radical (unpaired) electrons. The lowest BCUT2D eigenvalue weighted by molar-refractivity contribution is -0.121. The Labute approximate surface area is 118 Å². The molecule has 2 rings (SSSR count). The second kappa shape index (κ2) is 5.40. The Balaban J connectivity index is 1.89. The van der Waals surface area contributed by atoms with Crippen LogP contribution in [0.1, 0.15) is 23.4 Å². The maximum atomic E-state index is 11.8. The lowest BCUT2D eigenvalue weighted by atomic mass is 10.1. The smallest absolute Gasteiger partial charge is 0.220 e. The fourth-order valence-electron chi connectivity index (χ4n) is 2.36. The fourth-order valence-corrected chi connectivity index (χ4v) is 3.60. The molecule has 1 aromatic heterocycles. The summed E-state index contributed by atoms with van der Waals surface area (Å²) < 4.78 is 24.3. The molecule has 1 aromatic rings. The molecular formula is C13H19N3O3S. The monoisotopic (exact) mass is 297 g/mol. The average Bonchev–Trinajstić information content (AvgIpc) is 2.78. The van der Waals surface area contributed by atoms with E-state index in [0.717, 1.165) is 22.4 Å². The van der Waals surface area contributed by atoms with E-state index in [2.05, 4.69) is 10.4 Å². The summed E-state index contributed by atoms with van der Waals surface area (Å²) >= 11 is 0. The Morgan fingerprint density at radius 3 is 2.70 bits per heavy atom. The molecule has 1 amide bonds. The Kier molecular flexibility index (Phi) is 3.99. The van der Waals surface area contributed by atoms with Gasteiger partial charge in [-0.05, 0) is 31.9 Å². The van der Waals surface area contributed by atoms with Crippen molar-refractivity contribution in [1.29, 1.82) is 0 Å². The van der Waals surface area contributed by atoms with Crippen molar-refractivity contribution in [2.45, 2.75) is 32.7 Å². The molecule has 0 fully saturated rings. The van der Waals surface area contributed by atoms with Gasteiger partial charge in [0.1, 0.15) is 0 Å². The van der Waals surface area contributed by atoms with Crippen LogP contribution in [0.2, 0.25) is 0 Å². The summed E-state index contributed by atoms with van der Waals surface area (Å²) in [6.07, 6.45) is 2.46. The minimum Gasteiger partial charge on any atom is -0.349 e. The van der Waals surface area contributed by atoms with Gasteiger partial charge in [-0.2, -0.15) is 5.10 Å². The summed E-state index contributed by atoms with van der Waals surface area (Å²) in [5.74, 6) is -0.177. The number of rotatable bonds is 4. The molecule has 20 heavy (non-hydrogen) atoms. The molecule has 0 saturated heterocycles. The molecule has 6 nitrogen and oxygen atoms in total. The number of nitrogens with one attached hydrogen (secondary N) is 1. The quantitative estimate of drug-likeness (QED) is 0.872. The van der Waals surface area contributed by atoms with Gasteiger partial charge < -0.3 is 5.32 Å². The molecule has 0 unspecified atom stereocenters. The Morgan fingerprint density at radius 2 is 2.20 bits per heavy atom. The minimum absolute atomic E-state index is 0.0380. The van der Waals surface area contributed by atoms with E-state index in [9.17, 15) is 13.2 Å². The molecule has 110 valence electrons. The summed E-state index contributed by atoms with van der Waals surface area (Å²) in [4.78, 5) is 11.8. The van der Waals surface area contributed by atoms with Crippen LogP contribution in [0.4, 0.5) is 0 Å². The SMILES string of the molecule is Cc1nn(C)c(C)c1CCC(=O)N[C@@H]1C=CS(=O)(=O)C1. The van der Waals surface area contributed by atoms with Crippen molar-refractivity contribution < 1.29 is 13.2 Å². The number of carbonyl (C=O) groups is 1. The number of hydrogen-bond acceptors (Lipinski definition) is 4. The molecule has 1 N–H and O–H groups in total. The summed E-state index contributed by atoms with van der Waals surface area (Å²) in [6, 6.07) is -0.399. The van der Waals surface area contributed by atoms with E-state index in [1.54, 1.807) is 4.68 Å². The molecule has 0 aliphatic carbocycles. The van der Waals surface area contributed by atoms with Crippen molar-refractivity contribution in [3.63, 3.8) is 0 Å². The van der Waals surface area contributed by atoms with Gasteiger partial charge in [-0.15, -0.1) is 0 Å². The summed E-state index contributed by atoms with van der Waals surface area (Å²) in [6.45, 7) is 3.89. The van der Waals surface area contributed by atoms with Gasteiger partial charge in [-0.3, -0.25) is 9.48 Å². The second-order valence-corrected chi connectivity index (χ2v) is 7.04. The molecule has 0 aromatic carbocycles. The predicted octanol–water partition coefficient (Wildman–Crippen LogP) is 0.396. The zero-order valence-electron chi connectivity index (χ0n) is 11.9. The van der Waals surface area contributed by atoms with Gasteiger partial charge in [0.2, 0.25) is 5.91 Å². The predicted molar refractivity (Wildman–Crippen MR) is 75.9 cm³/mol. The van der Waals surface area contributed by atoms with E-state index in [-0.39, 0.29) is 11.7 Å². The lowest BCUT2D eigenvalue weighted by Gasteiger charge is -2.10. The largest absolute Gasteiger partial charge is 0.349 e. The molecule has 0 saturated carbocycles. The highest BCUT2D eigenvalue weighted by Crippen LogP contribution is 2.14. The maximum Gasteiger partial charge on any atom is 0.220 e. The maximum absolute atomic E-state index is 11.8. The highest BCUT2D eigenvalue weighted by atomic mass is 32.2. The average molecular weight is 297 g/mol. The Bertz CT molecular complexity index is 659. The van der Waals surface area contributed by atoms with Crippen molar-refractivity contribution in [1.82, 2.24) is 15.1 Å². The van der Waals surface area contributed by atoms with Crippen molar-refractivity contribution in [2.75, 3.05) is 5.75 Å². The van der Waals surface area contributed by atoms with Crippen LogP contribution in [0, 0.1) is 13.8 Å². The molecule has 0 bridgehead atoms. The lowest BCUT2D eigenvalue weighted by Crippen LogP contribution is -2.35. The summed E-state index contributed by atoms with van der Waals surface area (Å²) in [5.41, 5.74) is 3.07. The van der Waals surface area contributed by atoms with Crippen LogP contribution in [0.5, 0.6) is 0 Å². The van der Waals surface area contributed by atoms with Crippen LogP contribution < -0.4 is 5.32 Å². The highest BCUT2D eigenvalue weighted by Gasteiger charge is 2.23. The highest BCUT2D eigenvalue weighted by molar-refractivity contribution is 7.94. The first-order valence-corrected chi connectivity index (χ1v) is 8.19. The van der Waals surface area contributed by atoms with Gasteiger partial charge in [0.05, 0.1) is 17.5 Å². The standard InChI is InChI=1S/C13H19N3O3S/c1-9-12(10(2)16(3)15-9)4-5-13(17)14-11-6-7-20(18,19)8-11/h6-7,11H,4-5,8H2,1-3H3,(H,14,17)/t11-/m1/s1. The molecular weight excluding hydrogens is 278 g/mol. The molecule has 7 heteroatoms. The second-order valence-electron chi connectivity index (χ2n) is 5.11. The molecule has 2 heterocycles. The summed E-state index contributed by atoms with van der Waals surface area (Å²) in [5, 5.41) is 8.18. The third-order valence-electron chi connectivity index (χ3n) is 3.54. The molecule has 1 aliphatic rings. The Hall–Kier alpha value is -1.63. The van der Waals surface area contributed by atoms with E-state index in [1.165, 1.54) is 6.08 Å². The fraction of sp³-hybridized carbons (Fsp3) is 0.538. The topological polar surface area (TPSA) is 81.1 Å². The van der Waals surface area contributed by atoms with Crippen LogP contribution >= 0.6 is 0 Å². The first kappa shape index (κ1) is 14.8. The zero-order chi connectivity index (χ0) is 14.9. The number of nitrogens with zero attached hydrogens (tertiary/aromatic N) is 2. The third-order valence-corrected chi connectivity index (χ3v) is 4.93. The number of aryl methyl sites for hydroxylation is 2. The zero-order valence-corrected chi connectivity index (χ0v) is 12.7. The van der Waals surface area contributed by atoms with Gasteiger partial charge in [0.15, 0.2) is 9.84 Å². The van der Waals surface area contributed by atoms with E-state index in [4.69, 9.17) is 0 Å². The normalized spacial score (nSPS) is 20.2. The number of carbonyl (C=O) groups excluding carboxylic acids is 1. The minimum atomic E-state index is -3.13. The number of aromatic nitrogens is 2. The molecule has 0 spiro atoms. The van der Waals surface area contributed by atoms with Crippen LogP contribution in [0.3, 0.4) is 0 Å². The van der Waals surface area contributed by atoms with Crippen LogP contribution in [-0.2, 0) is 28.1 Å². The first-order chi connectivity index (χ1) is 9.28. The first-order valence-electron chi connectivity index (χ1n) is 6.48. The van der Waals surface area contributed by atoms with Gasteiger partial charge in [0.25, 0.3) is 0 Å². The summed E-state index contributed by atoms with van der Waals surface area (Å²) in [7, 11) is -1.25. The van der Waals surface area contributed by atoms with Crippen LogP contribution in [-0.4, -0.2) is 35.9 Å². The van der Waals surface area contributed by atoms with E-state index < -0.39 is 15.9 Å². The van der Waals surface area contributed by atoms with Gasteiger partial charge >= 0.3 is 0 Å². The number of amides is 1. The van der Waals surface area contributed by atoms with Crippen molar-refractivity contribution in [3.8, 4) is 0 Å². The van der Waals surface area contributed by atoms with Gasteiger partial charge in [-0.1, -0.05) is 0 Å². The van der Waals surface area contributed by atoms with Gasteiger partial charge in [0, 0.05) is 24.6 Å². The number of hydrogen-bond donors (Lipinski definition) is 1. The van der Waals surface area contributed by atoms with E-state index in [0.29, 0.717) is 12.8 Å². The molecule has 1 atom stereocenters. The van der Waals surface area contributed by atoms with Crippen LogP contribution in [0.25, 0.3) is 0 Å².